The topological polar surface area (TPSA) is 88.5 Å². The van der Waals surface area contributed by atoms with Gasteiger partial charge in [0.15, 0.2) is 0 Å². The zero-order valence-corrected chi connectivity index (χ0v) is 11.3. The van der Waals surface area contributed by atoms with Crippen LogP contribution in [0.15, 0.2) is 17.4 Å². The summed E-state index contributed by atoms with van der Waals surface area (Å²) in [6.07, 6.45) is 3.76. The molecular formula is C9H11IN6O. The number of rotatable bonds is 4. The normalized spacial score (nSPS) is 10.5. The molecule has 17 heavy (non-hydrogen) atoms. The molecule has 0 spiro atoms. The lowest BCUT2D eigenvalue weighted by Crippen LogP contribution is -2.16. The van der Waals surface area contributed by atoms with E-state index in [-0.39, 0.29) is 5.56 Å². The summed E-state index contributed by atoms with van der Waals surface area (Å²) in [5, 5.41) is 10.9. The van der Waals surface area contributed by atoms with Gasteiger partial charge in [0.1, 0.15) is 21.5 Å². The van der Waals surface area contributed by atoms with Crippen molar-refractivity contribution in [3.05, 3.63) is 32.4 Å². The third-order valence-corrected chi connectivity index (χ3v) is 3.24. The van der Waals surface area contributed by atoms with Crippen molar-refractivity contribution in [2.24, 2.45) is 7.05 Å². The number of H-pyrrole nitrogens is 1. The molecule has 0 radical (unpaired) electrons. The lowest BCUT2D eigenvalue weighted by atomic mass is 10.4. The number of nitrogens with one attached hydrogen (secondary N) is 2. The predicted molar refractivity (Wildman–Crippen MR) is 70.8 cm³/mol. The lowest BCUT2D eigenvalue weighted by Gasteiger charge is -2.05. The van der Waals surface area contributed by atoms with Crippen molar-refractivity contribution in [3.63, 3.8) is 0 Å². The molecule has 0 amide bonds. The Morgan fingerprint density at radius 2 is 2.41 bits per heavy atom. The van der Waals surface area contributed by atoms with Crippen molar-refractivity contribution in [1.82, 2.24) is 24.7 Å². The minimum Gasteiger partial charge on any atom is -0.369 e. The Kier molecular flexibility index (Phi) is 3.71. The van der Waals surface area contributed by atoms with Crippen molar-refractivity contribution in [2.45, 2.75) is 6.42 Å². The van der Waals surface area contributed by atoms with Crippen LogP contribution >= 0.6 is 22.6 Å². The fraction of sp³-hybridized carbons (Fsp3) is 0.333. The van der Waals surface area contributed by atoms with E-state index in [9.17, 15) is 4.79 Å². The summed E-state index contributed by atoms with van der Waals surface area (Å²) in [7, 11) is 1.89. The van der Waals surface area contributed by atoms with Gasteiger partial charge in [0, 0.05) is 20.0 Å². The molecule has 0 aliphatic rings. The molecule has 0 aromatic carbocycles. The maximum absolute atomic E-state index is 11.3. The number of aryl methyl sites for hydroxylation is 1. The predicted octanol–water partition coefficient (Wildman–Crippen LogP) is 0.158. The van der Waals surface area contributed by atoms with E-state index in [1.54, 1.807) is 6.33 Å². The fourth-order valence-corrected chi connectivity index (χ4v) is 1.82. The zero-order valence-electron chi connectivity index (χ0n) is 9.14. The summed E-state index contributed by atoms with van der Waals surface area (Å²) >= 11 is 1.96. The van der Waals surface area contributed by atoms with E-state index in [2.05, 4.69) is 25.5 Å². The van der Waals surface area contributed by atoms with Crippen LogP contribution in [0.25, 0.3) is 0 Å². The Morgan fingerprint density at radius 1 is 1.59 bits per heavy atom. The first-order valence-corrected chi connectivity index (χ1v) is 6.06. The molecule has 0 aliphatic heterocycles. The first-order valence-electron chi connectivity index (χ1n) is 4.98. The Hall–Kier alpha value is -1.45. The first-order chi connectivity index (χ1) is 8.18. The number of anilines is 1. The van der Waals surface area contributed by atoms with Crippen LogP contribution in [0.5, 0.6) is 0 Å². The van der Waals surface area contributed by atoms with E-state index in [4.69, 9.17) is 0 Å². The van der Waals surface area contributed by atoms with Gasteiger partial charge in [-0.3, -0.25) is 4.79 Å². The second-order valence-corrected chi connectivity index (χ2v) is 4.51. The molecule has 0 fully saturated rings. The molecule has 2 aromatic heterocycles. The second kappa shape index (κ2) is 5.25. The molecule has 0 unspecified atom stereocenters. The summed E-state index contributed by atoms with van der Waals surface area (Å²) in [6.45, 7) is 0.652. The smallest absolute Gasteiger partial charge is 0.266 e. The molecular weight excluding hydrogens is 335 g/mol. The number of halogens is 1. The average molecular weight is 346 g/mol. The molecule has 8 heteroatoms. The molecule has 2 aromatic rings. The molecule has 7 nitrogen and oxygen atoms in total. The quantitative estimate of drug-likeness (QED) is 0.770. The van der Waals surface area contributed by atoms with Crippen molar-refractivity contribution in [1.29, 1.82) is 0 Å². The number of nitrogens with zero attached hydrogens (tertiary/aromatic N) is 4. The monoisotopic (exact) mass is 346 g/mol. The number of aromatic nitrogens is 5. The van der Waals surface area contributed by atoms with Gasteiger partial charge >= 0.3 is 0 Å². The molecule has 2 N–H and O–H groups in total. The highest BCUT2D eigenvalue weighted by molar-refractivity contribution is 14.1. The molecule has 0 saturated carbocycles. The number of hydrogen-bond acceptors (Lipinski definition) is 5. The Morgan fingerprint density at radius 3 is 3.12 bits per heavy atom. The van der Waals surface area contributed by atoms with E-state index in [0.717, 1.165) is 12.2 Å². The fourth-order valence-electron chi connectivity index (χ4n) is 1.33. The van der Waals surface area contributed by atoms with Gasteiger partial charge in [0.2, 0.25) is 0 Å². The third kappa shape index (κ3) is 2.81. The van der Waals surface area contributed by atoms with Gasteiger partial charge in [0.25, 0.3) is 5.56 Å². The van der Waals surface area contributed by atoms with Crippen LogP contribution in [-0.4, -0.2) is 31.3 Å². The van der Waals surface area contributed by atoms with Crippen molar-refractivity contribution in [2.75, 3.05) is 11.9 Å². The van der Waals surface area contributed by atoms with Crippen LogP contribution in [-0.2, 0) is 13.5 Å². The highest BCUT2D eigenvalue weighted by Gasteiger charge is 2.05. The summed E-state index contributed by atoms with van der Waals surface area (Å²) < 4.78 is 2.42. The standard InChI is InChI=1S/C9H11IN6O/c1-16-5-14-15-6(16)2-3-11-8-7(10)9(17)13-4-12-8/h4-5H,2-3H2,1H3,(H2,11,12,13,17). The Labute approximate surface area is 111 Å². The number of hydrogen-bond donors (Lipinski definition) is 2. The molecule has 0 atom stereocenters. The minimum atomic E-state index is -0.137. The summed E-state index contributed by atoms with van der Waals surface area (Å²) in [4.78, 5) is 17.9. The van der Waals surface area contributed by atoms with Crippen LogP contribution < -0.4 is 10.9 Å². The van der Waals surface area contributed by atoms with E-state index in [1.165, 1.54) is 6.33 Å². The molecule has 2 rings (SSSR count). The number of aromatic amines is 1. The molecule has 0 aliphatic carbocycles. The molecule has 90 valence electrons. The van der Waals surface area contributed by atoms with Gasteiger partial charge in [-0.1, -0.05) is 0 Å². The van der Waals surface area contributed by atoms with Gasteiger partial charge < -0.3 is 14.9 Å². The lowest BCUT2D eigenvalue weighted by molar-refractivity contribution is 0.786. The largest absolute Gasteiger partial charge is 0.369 e. The zero-order chi connectivity index (χ0) is 12.3. The van der Waals surface area contributed by atoms with E-state index >= 15 is 0 Å². The van der Waals surface area contributed by atoms with E-state index in [1.807, 2.05) is 34.2 Å². The van der Waals surface area contributed by atoms with E-state index < -0.39 is 0 Å². The highest BCUT2D eigenvalue weighted by Crippen LogP contribution is 2.08. The van der Waals surface area contributed by atoms with Crippen LogP contribution in [0.4, 0.5) is 5.82 Å². The maximum atomic E-state index is 11.3. The van der Waals surface area contributed by atoms with Gasteiger partial charge in [-0.15, -0.1) is 10.2 Å². The van der Waals surface area contributed by atoms with Gasteiger partial charge in [-0.25, -0.2) is 4.98 Å². The van der Waals surface area contributed by atoms with Gasteiger partial charge in [-0.2, -0.15) is 0 Å². The van der Waals surface area contributed by atoms with Crippen molar-refractivity contribution < 1.29 is 0 Å². The third-order valence-electron chi connectivity index (χ3n) is 2.24. The first kappa shape index (κ1) is 12.0. The molecule has 0 saturated heterocycles. The van der Waals surface area contributed by atoms with E-state index in [0.29, 0.717) is 15.9 Å². The SMILES string of the molecule is Cn1cnnc1CCNc1nc[nH]c(=O)c1I. The van der Waals surface area contributed by atoms with Gasteiger partial charge in [0.05, 0.1) is 6.33 Å². The van der Waals surface area contributed by atoms with Crippen LogP contribution in [0, 0.1) is 3.57 Å². The Balaban J connectivity index is 1.97. The maximum Gasteiger partial charge on any atom is 0.266 e. The molecule has 2 heterocycles. The Bertz CT molecular complexity index is 563. The highest BCUT2D eigenvalue weighted by atomic mass is 127. The summed E-state index contributed by atoms with van der Waals surface area (Å²) in [5.74, 6) is 1.48. The van der Waals surface area contributed by atoms with Crippen LogP contribution in [0.2, 0.25) is 0 Å². The average Bonchev–Trinajstić information content (AvgIpc) is 2.71. The van der Waals surface area contributed by atoms with Crippen LogP contribution in [0.1, 0.15) is 5.82 Å². The summed E-state index contributed by atoms with van der Waals surface area (Å²) in [5.41, 5.74) is -0.137. The minimum absolute atomic E-state index is 0.137. The van der Waals surface area contributed by atoms with Crippen molar-refractivity contribution in [3.8, 4) is 0 Å². The van der Waals surface area contributed by atoms with Gasteiger partial charge in [-0.05, 0) is 22.6 Å². The van der Waals surface area contributed by atoms with Crippen LogP contribution in [0.3, 0.4) is 0 Å². The second-order valence-electron chi connectivity index (χ2n) is 3.43. The summed E-state index contributed by atoms with van der Waals surface area (Å²) in [6, 6.07) is 0. The van der Waals surface area contributed by atoms with Crippen molar-refractivity contribution >= 4 is 28.4 Å². The molecule has 0 bridgehead atoms.